The lowest BCUT2D eigenvalue weighted by atomic mass is 10.1. The van der Waals surface area contributed by atoms with Crippen molar-refractivity contribution in [2.75, 3.05) is 6.54 Å². The summed E-state index contributed by atoms with van der Waals surface area (Å²) >= 11 is 0. The first-order chi connectivity index (χ1) is 6.40. The molecule has 0 aliphatic carbocycles. The molecule has 13 heavy (non-hydrogen) atoms. The van der Waals surface area contributed by atoms with Crippen LogP contribution < -0.4 is 5.73 Å². The van der Waals surface area contributed by atoms with E-state index in [2.05, 4.69) is 29.2 Å². The molecule has 0 aliphatic heterocycles. The highest BCUT2D eigenvalue weighted by molar-refractivity contribution is 5.79. The van der Waals surface area contributed by atoms with Gasteiger partial charge in [0, 0.05) is 11.7 Å². The van der Waals surface area contributed by atoms with Crippen molar-refractivity contribution >= 4 is 10.9 Å². The number of benzene rings is 1. The lowest BCUT2D eigenvalue weighted by molar-refractivity contribution is 0.833. The summed E-state index contributed by atoms with van der Waals surface area (Å²) in [6.07, 6.45) is 4.11. The highest BCUT2D eigenvalue weighted by atomic mass is 14.7. The number of aryl methyl sites for hydroxylation is 1. The van der Waals surface area contributed by atoms with Crippen LogP contribution in [-0.4, -0.2) is 11.5 Å². The fraction of sp³-hybridized carbons (Fsp3) is 0.273. The minimum Gasteiger partial charge on any atom is -0.361 e. The lowest BCUT2D eigenvalue weighted by Gasteiger charge is -1.99. The van der Waals surface area contributed by atoms with Crippen molar-refractivity contribution in [2.45, 2.75) is 12.8 Å². The van der Waals surface area contributed by atoms with Gasteiger partial charge >= 0.3 is 0 Å². The topological polar surface area (TPSA) is 41.8 Å². The molecule has 2 rings (SSSR count). The number of nitrogens with one attached hydrogen (secondary N) is 1. The molecule has 2 nitrogen and oxygen atoms in total. The molecule has 0 saturated heterocycles. The molecule has 68 valence electrons. The smallest absolute Gasteiger partial charge is 0.0456 e. The van der Waals surface area contributed by atoms with Crippen LogP contribution in [0.25, 0.3) is 10.9 Å². The van der Waals surface area contributed by atoms with Crippen LogP contribution in [0.3, 0.4) is 0 Å². The van der Waals surface area contributed by atoms with Crippen molar-refractivity contribution < 1.29 is 0 Å². The van der Waals surface area contributed by atoms with Crippen LogP contribution in [0.1, 0.15) is 12.0 Å². The second kappa shape index (κ2) is 3.62. The summed E-state index contributed by atoms with van der Waals surface area (Å²) in [6.45, 7) is 0.767. The van der Waals surface area contributed by atoms with Gasteiger partial charge in [0.2, 0.25) is 0 Å². The Kier molecular flexibility index (Phi) is 2.32. The first-order valence-corrected chi connectivity index (χ1v) is 4.66. The van der Waals surface area contributed by atoms with Gasteiger partial charge in [0.15, 0.2) is 0 Å². The van der Waals surface area contributed by atoms with E-state index in [9.17, 15) is 0 Å². The molecule has 1 aromatic carbocycles. The van der Waals surface area contributed by atoms with Crippen molar-refractivity contribution in [2.24, 2.45) is 5.73 Å². The van der Waals surface area contributed by atoms with Gasteiger partial charge in [-0.15, -0.1) is 0 Å². The Morgan fingerprint density at radius 1 is 1.23 bits per heavy atom. The Hall–Kier alpha value is -1.28. The van der Waals surface area contributed by atoms with Crippen LogP contribution in [0, 0.1) is 0 Å². The molecule has 0 atom stereocenters. The fourth-order valence-corrected chi connectivity index (χ4v) is 1.56. The second-order valence-corrected chi connectivity index (χ2v) is 3.29. The molecular formula is C11H14N2. The summed E-state index contributed by atoms with van der Waals surface area (Å²) < 4.78 is 0. The third-order valence-electron chi connectivity index (χ3n) is 2.29. The molecule has 0 amide bonds. The van der Waals surface area contributed by atoms with E-state index >= 15 is 0 Å². The number of aromatic nitrogens is 1. The van der Waals surface area contributed by atoms with E-state index in [0.29, 0.717) is 0 Å². The van der Waals surface area contributed by atoms with Gasteiger partial charge in [0.05, 0.1) is 0 Å². The first kappa shape index (κ1) is 8.32. The summed E-state index contributed by atoms with van der Waals surface area (Å²) in [5.41, 5.74) is 8.04. The third kappa shape index (κ3) is 1.73. The summed E-state index contributed by atoms with van der Waals surface area (Å²) in [4.78, 5) is 3.21. The minimum atomic E-state index is 0.767. The molecule has 0 spiro atoms. The number of hydrogen-bond donors (Lipinski definition) is 2. The van der Waals surface area contributed by atoms with Gasteiger partial charge in [0.1, 0.15) is 0 Å². The van der Waals surface area contributed by atoms with Crippen LogP contribution >= 0.6 is 0 Å². The van der Waals surface area contributed by atoms with Gasteiger partial charge in [-0.2, -0.15) is 0 Å². The number of rotatable bonds is 3. The fourth-order valence-electron chi connectivity index (χ4n) is 1.56. The molecule has 0 aliphatic rings. The van der Waals surface area contributed by atoms with Crippen molar-refractivity contribution in [1.29, 1.82) is 0 Å². The highest BCUT2D eigenvalue weighted by Gasteiger charge is 1.96. The average Bonchev–Trinajstić information content (AvgIpc) is 2.61. The zero-order valence-corrected chi connectivity index (χ0v) is 7.59. The molecular weight excluding hydrogens is 160 g/mol. The zero-order valence-electron chi connectivity index (χ0n) is 7.59. The third-order valence-corrected chi connectivity index (χ3v) is 2.29. The van der Waals surface area contributed by atoms with Crippen LogP contribution in [0.15, 0.2) is 30.5 Å². The Morgan fingerprint density at radius 3 is 3.00 bits per heavy atom. The van der Waals surface area contributed by atoms with Crippen LogP contribution in [0.4, 0.5) is 0 Å². The number of fused-ring (bicyclic) bond motifs is 1. The average molecular weight is 174 g/mol. The Labute approximate surface area is 77.8 Å². The first-order valence-electron chi connectivity index (χ1n) is 4.66. The summed E-state index contributed by atoms with van der Waals surface area (Å²) in [7, 11) is 0. The molecule has 2 aromatic rings. The van der Waals surface area contributed by atoms with Crippen molar-refractivity contribution in [3.8, 4) is 0 Å². The lowest BCUT2D eigenvalue weighted by Crippen LogP contribution is -2.00. The monoisotopic (exact) mass is 174 g/mol. The quantitative estimate of drug-likeness (QED) is 0.734. The predicted octanol–water partition coefficient (Wildman–Crippen LogP) is 2.06. The molecule has 0 radical (unpaired) electrons. The van der Waals surface area contributed by atoms with Gasteiger partial charge < -0.3 is 10.7 Å². The number of hydrogen-bond acceptors (Lipinski definition) is 1. The van der Waals surface area contributed by atoms with Crippen LogP contribution in [0.2, 0.25) is 0 Å². The van der Waals surface area contributed by atoms with Crippen LogP contribution in [-0.2, 0) is 6.42 Å². The molecule has 0 bridgehead atoms. The summed E-state index contributed by atoms with van der Waals surface area (Å²) in [5, 5.41) is 1.27. The van der Waals surface area contributed by atoms with E-state index in [-0.39, 0.29) is 0 Å². The zero-order chi connectivity index (χ0) is 9.10. The number of nitrogens with two attached hydrogens (primary N) is 1. The van der Waals surface area contributed by atoms with E-state index in [1.165, 1.54) is 16.5 Å². The van der Waals surface area contributed by atoms with Crippen molar-refractivity contribution in [1.82, 2.24) is 4.98 Å². The molecule has 3 N–H and O–H groups in total. The SMILES string of the molecule is NCCCc1ccc2cc[nH]c2c1. The molecule has 0 unspecified atom stereocenters. The van der Waals surface area contributed by atoms with E-state index in [1.807, 2.05) is 6.20 Å². The molecule has 1 aromatic heterocycles. The number of aromatic amines is 1. The van der Waals surface area contributed by atoms with E-state index in [0.717, 1.165) is 19.4 Å². The van der Waals surface area contributed by atoms with Gasteiger partial charge in [0.25, 0.3) is 0 Å². The van der Waals surface area contributed by atoms with Crippen molar-refractivity contribution in [3.63, 3.8) is 0 Å². The number of H-pyrrole nitrogens is 1. The minimum absolute atomic E-state index is 0.767. The van der Waals surface area contributed by atoms with Crippen molar-refractivity contribution in [3.05, 3.63) is 36.0 Å². The van der Waals surface area contributed by atoms with Crippen LogP contribution in [0.5, 0.6) is 0 Å². The second-order valence-electron chi connectivity index (χ2n) is 3.29. The van der Waals surface area contributed by atoms with Gasteiger partial charge in [-0.05, 0) is 42.5 Å². The Balaban J connectivity index is 2.26. The molecule has 0 fully saturated rings. The molecule has 0 saturated carbocycles. The molecule has 1 heterocycles. The van der Waals surface area contributed by atoms with Gasteiger partial charge in [-0.1, -0.05) is 12.1 Å². The highest BCUT2D eigenvalue weighted by Crippen LogP contribution is 2.14. The standard InChI is InChI=1S/C11H14N2/c12-6-1-2-9-3-4-10-5-7-13-11(10)8-9/h3-5,7-8,13H,1-2,6,12H2. The maximum atomic E-state index is 5.46. The van der Waals surface area contributed by atoms with Gasteiger partial charge in [-0.25, -0.2) is 0 Å². The predicted molar refractivity (Wildman–Crippen MR) is 55.7 cm³/mol. The maximum absolute atomic E-state index is 5.46. The van der Waals surface area contributed by atoms with E-state index < -0.39 is 0 Å². The largest absolute Gasteiger partial charge is 0.361 e. The Bertz CT molecular complexity index is 390. The maximum Gasteiger partial charge on any atom is 0.0456 e. The van der Waals surface area contributed by atoms with Gasteiger partial charge in [-0.3, -0.25) is 0 Å². The Morgan fingerprint density at radius 2 is 2.15 bits per heavy atom. The summed E-state index contributed by atoms with van der Waals surface area (Å²) in [5.74, 6) is 0. The van der Waals surface area contributed by atoms with E-state index in [1.54, 1.807) is 0 Å². The normalized spacial score (nSPS) is 10.8. The van der Waals surface area contributed by atoms with E-state index in [4.69, 9.17) is 5.73 Å². The molecule has 2 heteroatoms. The summed E-state index contributed by atoms with van der Waals surface area (Å²) in [6, 6.07) is 8.61.